The standard InChI is InChI=1S/C22H21ClN2O3S/c1-14-12-17(23)9-11-20(14)25(29(2,27)28)13-21(26)24-19-10-8-16-7-6-15-4-3-5-18(19)22(15)16/h3-5,8-12H,6-7,13H2,1-2H3,(H,24,26). The van der Waals surface area contributed by atoms with Crippen molar-refractivity contribution in [2.75, 3.05) is 22.4 Å². The van der Waals surface area contributed by atoms with Crippen LogP contribution in [0.15, 0.2) is 48.5 Å². The molecule has 0 radical (unpaired) electrons. The van der Waals surface area contributed by atoms with Gasteiger partial charge in [0.15, 0.2) is 0 Å². The molecule has 29 heavy (non-hydrogen) atoms. The summed E-state index contributed by atoms with van der Waals surface area (Å²) in [5.74, 6) is -0.400. The highest BCUT2D eigenvalue weighted by Crippen LogP contribution is 2.35. The molecule has 0 aliphatic heterocycles. The van der Waals surface area contributed by atoms with E-state index in [9.17, 15) is 13.2 Å². The largest absolute Gasteiger partial charge is 0.324 e. The van der Waals surface area contributed by atoms with Gasteiger partial charge in [-0.3, -0.25) is 9.10 Å². The van der Waals surface area contributed by atoms with Crippen LogP contribution in [0.25, 0.3) is 10.8 Å². The van der Waals surface area contributed by atoms with Crippen LogP contribution >= 0.6 is 11.6 Å². The fourth-order valence-electron chi connectivity index (χ4n) is 3.96. The van der Waals surface area contributed by atoms with Gasteiger partial charge in [-0.25, -0.2) is 8.42 Å². The molecule has 1 amide bonds. The van der Waals surface area contributed by atoms with E-state index in [4.69, 9.17) is 11.6 Å². The van der Waals surface area contributed by atoms with Crippen molar-refractivity contribution in [3.63, 3.8) is 0 Å². The first-order chi connectivity index (χ1) is 13.7. The van der Waals surface area contributed by atoms with Crippen LogP contribution in [0.1, 0.15) is 16.7 Å². The van der Waals surface area contributed by atoms with Crippen LogP contribution in [-0.4, -0.2) is 27.1 Å². The molecule has 1 aliphatic carbocycles. The number of halogens is 1. The summed E-state index contributed by atoms with van der Waals surface area (Å²) in [5, 5.41) is 5.59. The molecular weight excluding hydrogens is 408 g/mol. The normalized spacial score (nSPS) is 12.9. The van der Waals surface area contributed by atoms with Gasteiger partial charge < -0.3 is 5.32 Å². The number of sulfonamides is 1. The van der Waals surface area contributed by atoms with Crippen molar-refractivity contribution < 1.29 is 13.2 Å². The lowest BCUT2D eigenvalue weighted by Crippen LogP contribution is -2.37. The van der Waals surface area contributed by atoms with Gasteiger partial charge in [-0.1, -0.05) is 35.9 Å². The number of hydrogen-bond donors (Lipinski definition) is 1. The highest BCUT2D eigenvalue weighted by molar-refractivity contribution is 7.92. The Morgan fingerprint density at radius 1 is 1.10 bits per heavy atom. The minimum atomic E-state index is -3.66. The van der Waals surface area contributed by atoms with Gasteiger partial charge in [-0.2, -0.15) is 0 Å². The molecule has 4 rings (SSSR count). The van der Waals surface area contributed by atoms with Gasteiger partial charge in [0.25, 0.3) is 0 Å². The zero-order chi connectivity index (χ0) is 20.8. The number of rotatable bonds is 5. The van der Waals surface area contributed by atoms with Crippen LogP contribution in [-0.2, 0) is 27.7 Å². The van der Waals surface area contributed by atoms with E-state index in [0.717, 1.165) is 28.8 Å². The van der Waals surface area contributed by atoms with E-state index >= 15 is 0 Å². The first-order valence-corrected chi connectivity index (χ1v) is 11.5. The Kier molecular flexibility index (Phi) is 5.00. The highest BCUT2D eigenvalue weighted by Gasteiger charge is 2.23. The lowest BCUT2D eigenvalue weighted by Gasteiger charge is -2.24. The van der Waals surface area contributed by atoms with Crippen molar-refractivity contribution in [3.8, 4) is 0 Å². The second-order valence-corrected chi connectivity index (χ2v) is 9.70. The highest BCUT2D eigenvalue weighted by atomic mass is 35.5. The number of carbonyl (C=O) groups excluding carboxylic acids is 1. The second kappa shape index (κ2) is 7.35. The Bertz CT molecular complexity index is 1230. The Balaban J connectivity index is 1.64. The summed E-state index contributed by atoms with van der Waals surface area (Å²) in [6.45, 7) is 1.45. The number of aryl methyl sites for hydroxylation is 3. The van der Waals surface area contributed by atoms with E-state index in [1.807, 2.05) is 24.3 Å². The van der Waals surface area contributed by atoms with Gasteiger partial charge in [-0.05, 0) is 66.1 Å². The van der Waals surface area contributed by atoms with Gasteiger partial charge in [0.2, 0.25) is 15.9 Å². The Morgan fingerprint density at radius 3 is 2.52 bits per heavy atom. The predicted octanol–water partition coefficient (Wildman–Crippen LogP) is 4.30. The van der Waals surface area contributed by atoms with E-state index in [-0.39, 0.29) is 6.54 Å². The fraction of sp³-hybridized carbons (Fsp3) is 0.227. The van der Waals surface area contributed by atoms with Crippen molar-refractivity contribution in [1.82, 2.24) is 0 Å². The van der Waals surface area contributed by atoms with Crippen molar-refractivity contribution in [2.24, 2.45) is 0 Å². The molecule has 0 aromatic heterocycles. The SMILES string of the molecule is Cc1cc(Cl)ccc1N(CC(=O)Nc1ccc2c3c(cccc13)CC2)S(C)(=O)=O. The third-order valence-corrected chi connectivity index (χ3v) is 6.63. The maximum atomic E-state index is 12.8. The third-order valence-electron chi connectivity index (χ3n) is 5.27. The van der Waals surface area contributed by atoms with Crippen LogP contribution in [0, 0.1) is 6.92 Å². The van der Waals surface area contributed by atoms with E-state index in [2.05, 4.69) is 11.4 Å². The van der Waals surface area contributed by atoms with E-state index in [1.165, 1.54) is 16.5 Å². The van der Waals surface area contributed by atoms with Crippen LogP contribution in [0.2, 0.25) is 5.02 Å². The number of benzene rings is 3. The molecule has 0 heterocycles. The number of anilines is 2. The smallest absolute Gasteiger partial charge is 0.245 e. The minimum absolute atomic E-state index is 0.315. The predicted molar refractivity (Wildman–Crippen MR) is 118 cm³/mol. The van der Waals surface area contributed by atoms with Gasteiger partial charge in [0.05, 0.1) is 11.9 Å². The first kappa shape index (κ1) is 19.7. The van der Waals surface area contributed by atoms with E-state index in [1.54, 1.807) is 25.1 Å². The summed E-state index contributed by atoms with van der Waals surface area (Å²) in [6.07, 6.45) is 3.09. The average Bonchev–Trinajstić information content (AvgIpc) is 3.07. The molecule has 0 atom stereocenters. The van der Waals surface area contributed by atoms with Crippen LogP contribution in [0.3, 0.4) is 0 Å². The number of carbonyl (C=O) groups is 1. The van der Waals surface area contributed by atoms with Gasteiger partial charge >= 0.3 is 0 Å². The summed E-state index contributed by atoms with van der Waals surface area (Å²) >= 11 is 5.99. The number of amides is 1. The molecular formula is C22H21ClN2O3S. The number of nitrogens with one attached hydrogen (secondary N) is 1. The van der Waals surface area contributed by atoms with E-state index in [0.29, 0.717) is 22.0 Å². The van der Waals surface area contributed by atoms with Crippen molar-refractivity contribution in [1.29, 1.82) is 0 Å². The molecule has 0 spiro atoms. The third kappa shape index (κ3) is 3.82. The summed E-state index contributed by atoms with van der Waals surface area (Å²) in [4.78, 5) is 12.8. The topological polar surface area (TPSA) is 66.5 Å². The summed E-state index contributed by atoms with van der Waals surface area (Å²) in [7, 11) is -3.66. The molecule has 1 N–H and O–H groups in total. The zero-order valence-corrected chi connectivity index (χ0v) is 17.8. The Hall–Kier alpha value is -2.57. The quantitative estimate of drug-likeness (QED) is 0.658. The summed E-state index contributed by atoms with van der Waals surface area (Å²) in [5.41, 5.74) is 4.37. The van der Waals surface area contributed by atoms with Gasteiger partial charge in [0, 0.05) is 16.1 Å². The first-order valence-electron chi connectivity index (χ1n) is 9.31. The van der Waals surface area contributed by atoms with Crippen LogP contribution in [0.4, 0.5) is 11.4 Å². The summed E-state index contributed by atoms with van der Waals surface area (Å²) in [6, 6.07) is 14.9. The van der Waals surface area contributed by atoms with Crippen LogP contribution in [0.5, 0.6) is 0 Å². The maximum Gasteiger partial charge on any atom is 0.245 e. The molecule has 3 aromatic carbocycles. The number of nitrogens with zero attached hydrogens (tertiary/aromatic N) is 1. The van der Waals surface area contributed by atoms with Crippen molar-refractivity contribution in [3.05, 3.63) is 70.2 Å². The van der Waals surface area contributed by atoms with E-state index < -0.39 is 15.9 Å². The second-order valence-electron chi connectivity index (χ2n) is 7.36. The molecule has 0 saturated heterocycles. The molecule has 1 aliphatic rings. The lowest BCUT2D eigenvalue weighted by molar-refractivity contribution is -0.114. The molecule has 5 nitrogen and oxygen atoms in total. The lowest BCUT2D eigenvalue weighted by atomic mass is 10.0. The number of hydrogen-bond acceptors (Lipinski definition) is 3. The zero-order valence-electron chi connectivity index (χ0n) is 16.2. The Labute approximate surface area is 175 Å². The molecule has 0 bridgehead atoms. The molecule has 3 aromatic rings. The van der Waals surface area contributed by atoms with Crippen LogP contribution < -0.4 is 9.62 Å². The molecule has 150 valence electrons. The average molecular weight is 429 g/mol. The van der Waals surface area contributed by atoms with Crippen molar-refractivity contribution >= 4 is 49.7 Å². The monoisotopic (exact) mass is 428 g/mol. The molecule has 0 fully saturated rings. The van der Waals surface area contributed by atoms with Crippen molar-refractivity contribution in [2.45, 2.75) is 19.8 Å². The van der Waals surface area contributed by atoms with Gasteiger partial charge in [-0.15, -0.1) is 0 Å². The summed E-state index contributed by atoms with van der Waals surface area (Å²) < 4.78 is 25.9. The molecule has 0 saturated carbocycles. The molecule has 0 unspecified atom stereocenters. The minimum Gasteiger partial charge on any atom is -0.324 e. The molecule has 7 heteroatoms. The maximum absolute atomic E-state index is 12.8. The Morgan fingerprint density at radius 2 is 1.83 bits per heavy atom. The van der Waals surface area contributed by atoms with Gasteiger partial charge in [0.1, 0.15) is 6.54 Å². The fourth-order valence-corrected chi connectivity index (χ4v) is 5.10.